The second-order valence-electron chi connectivity index (χ2n) is 7.60. The van der Waals surface area contributed by atoms with Crippen LogP contribution in [0.3, 0.4) is 0 Å². The van der Waals surface area contributed by atoms with Gasteiger partial charge in [-0.05, 0) is 54.4 Å². The Morgan fingerprint density at radius 3 is 1.46 bits per heavy atom. The number of halogens is 9. The van der Waals surface area contributed by atoms with E-state index in [2.05, 4.69) is 0 Å². The largest absolute Gasteiger partial charge is 0.497 e. The van der Waals surface area contributed by atoms with Crippen LogP contribution in [0.4, 0.5) is 39.5 Å². The highest BCUT2D eigenvalue weighted by atomic mass is 19.4. The molecule has 0 atom stereocenters. The summed E-state index contributed by atoms with van der Waals surface area (Å²) in [6.45, 7) is 1.42. The second kappa shape index (κ2) is 9.01. The molecule has 0 heterocycles. The summed E-state index contributed by atoms with van der Waals surface area (Å²) in [5.74, 6) is -0.977. The van der Waals surface area contributed by atoms with E-state index in [4.69, 9.17) is 9.47 Å². The molecule has 0 fully saturated rings. The Labute approximate surface area is 193 Å². The second-order valence-corrected chi connectivity index (χ2v) is 7.60. The average Bonchev–Trinajstić information content (AvgIpc) is 2.74. The van der Waals surface area contributed by atoms with Gasteiger partial charge in [0.2, 0.25) is 5.41 Å². The van der Waals surface area contributed by atoms with Crippen LogP contribution in [0.1, 0.15) is 22.3 Å². The van der Waals surface area contributed by atoms with Crippen molar-refractivity contribution in [1.82, 2.24) is 0 Å². The predicted octanol–water partition coefficient (Wildman–Crippen LogP) is 8.23. The van der Waals surface area contributed by atoms with Crippen LogP contribution in [0.2, 0.25) is 0 Å². The Morgan fingerprint density at radius 1 is 0.600 bits per heavy atom. The lowest BCUT2D eigenvalue weighted by molar-refractivity contribution is -0.288. The zero-order valence-corrected chi connectivity index (χ0v) is 18.1. The highest BCUT2D eigenvalue weighted by Gasteiger charge is 2.72. The highest BCUT2D eigenvalue weighted by molar-refractivity contribution is 5.48. The van der Waals surface area contributed by atoms with Crippen molar-refractivity contribution in [2.45, 2.75) is 30.9 Å². The van der Waals surface area contributed by atoms with Gasteiger partial charge in [-0.1, -0.05) is 35.9 Å². The van der Waals surface area contributed by atoms with Crippen LogP contribution in [-0.2, 0) is 11.6 Å². The molecule has 0 amide bonds. The standard InChI is InChI=1S/C24H17F9O2/c1-14-3-12-20(19(13-14)22(25,26)27)35-18-10-6-16(7-11-18)21(23(28,29)30,24(31,32)33)15-4-8-17(34-2)9-5-15/h3-13H,1-2H3. The molecule has 3 aromatic carbocycles. The Balaban J connectivity index is 2.11. The average molecular weight is 508 g/mol. The lowest BCUT2D eigenvalue weighted by atomic mass is 9.73. The quantitative estimate of drug-likeness (QED) is 0.323. The molecule has 0 unspecified atom stereocenters. The monoisotopic (exact) mass is 508 g/mol. The van der Waals surface area contributed by atoms with E-state index in [0.29, 0.717) is 24.3 Å². The van der Waals surface area contributed by atoms with Crippen molar-refractivity contribution in [3.8, 4) is 17.2 Å². The van der Waals surface area contributed by atoms with E-state index in [1.165, 1.54) is 20.1 Å². The first-order valence-corrected chi connectivity index (χ1v) is 9.85. The molecule has 0 aliphatic heterocycles. The Kier molecular flexibility index (Phi) is 6.75. The molecule has 0 aliphatic rings. The van der Waals surface area contributed by atoms with Crippen LogP contribution >= 0.6 is 0 Å². The van der Waals surface area contributed by atoms with Crippen molar-refractivity contribution >= 4 is 0 Å². The Hall–Kier alpha value is -3.37. The Bertz CT molecular complexity index is 1150. The summed E-state index contributed by atoms with van der Waals surface area (Å²) < 4.78 is 135. The van der Waals surface area contributed by atoms with Crippen LogP contribution in [0.5, 0.6) is 17.2 Å². The van der Waals surface area contributed by atoms with E-state index >= 15 is 0 Å². The molecule has 0 N–H and O–H groups in total. The summed E-state index contributed by atoms with van der Waals surface area (Å²) >= 11 is 0. The van der Waals surface area contributed by atoms with Crippen molar-refractivity contribution in [2.75, 3.05) is 7.11 Å². The van der Waals surface area contributed by atoms with Gasteiger partial charge in [-0.2, -0.15) is 39.5 Å². The molecule has 3 aromatic rings. The fraction of sp³-hybridized carbons (Fsp3) is 0.250. The first-order chi connectivity index (χ1) is 16.1. The molecule has 0 bridgehead atoms. The third-order valence-electron chi connectivity index (χ3n) is 5.33. The normalized spacial score (nSPS) is 13.0. The third-order valence-corrected chi connectivity index (χ3v) is 5.33. The van der Waals surface area contributed by atoms with Crippen LogP contribution < -0.4 is 9.47 Å². The van der Waals surface area contributed by atoms with Crippen molar-refractivity contribution in [3.05, 3.63) is 89.0 Å². The zero-order chi connectivity index (χ0) is 26.2. The molecule has 0 aliphatic carbocycles. The van der Waals surface area contributed by atoms with Gasteiger partial charge < -0.3 is 9.47 Å². The van der Waals surface area contributed by atoms with Crippen molar-refractivity contribution < 1.29 is 49.0 Å². The maximum atomic E-state index is 14.2. The van der Waals surface area contributed by atoms with E-state index in [9.17, 15) is 39.5 Å². The molecular formula is C24H17F9O2. The van der Waals surface area contributed by atoms with E-state index < -0.39 is 46.4 Å². The first kappa shape index (κ1) is 26.2. The molecule has 2 nitrogen and oxygen atoms in total. The van der Waals surface area contributed by atoms with Gasteiger partial charge in [-0.3, -0.25) is 0 Å². The molecule has 11 heteroatoms. The van der Waals surface area contributed by atoms with Gasteiger partial charge in [-0.25, -0.2) is 0 Å². The van der Waals surface area contributed by atoms with Gasteiger partial charge in [0.05, 0.1) is 12.7 Å². The molecule has 188 valence electrons. The number of ether oxygens (including phenoxy) is 2. The van der Waals surface area contributed by atoms with Crippen molar-refractivity contribution in [3.63, 3.8) is 0 Å². The molecular weight excluding hydrogens is 491 g/mol. The smallest absolute Gasteiger partial charge is 0.419 e. The summed E-state index contributed by atoms with van der Waals surface area (Å²) in [7, 11) is 1.20. The number of hydrogen-bond acceptors (Lipinski definition) is 2. The maximum Gasteiger partial charge on any atom is 0.419 e. The number of aryl methyl sites for hydroxylation is 1. The molecule has 0 aromatic heterocycles. The van der Waals surface area contributed by atoms with E-state index in [1.54, 1.807) is 0 Å². The van der Waals surface area contributed by atoms with Gasteiger partial charge in [-0.15, -0.1) is 0 Å². The van der Waals surface area contributed by atoms with Gasteiger partial charge in [0.1, 0.15) is 17.2 Å². The number of hydrogen-bond donors (Lipinski definition) is 0. The third kappa shape index (κ3) is 4.89. The minimum atomic E-state index is -5.82. The molecule has 0 saturated heterocycles. The van der Waals surface area contributed by atoms with Crippen LogP contribution in [-0.4, -0.2) is 19.5 Å². The van der Waals surface area contributed by atoms with Crippen LogP contribution in [0.25, 0.3) is 0 Å². The SMILES string of the molecule is COc1ccc(C(c2ccc(Oc3ccc(C)cc3C(F)(F)F)cc2)(C(F)(F)F)C(F)(F)F)cc1. The molecule has 3 rings (SSSR count). The fourth-order valence-electron chi connectivity index (χ4n) is 3.68. The molecule has 0 saturated carbocycles. The van der Waals surface area contributed by atoms with Gasteiger partial charge in [0.15, 0.2) is 0 Å². The summed E-state index contributed by atoms with van der Waals surface area (Å²) in [4.78, 5) is 0. The summed E-state index contributed by atoms with van der Waals surface area (Å²) in [5.41, 5.74) is -7.56. The highest BCUT2D eigenvalue weighted by Crippen LogP contribution is 2.56. The first-order valence-electron chi connectivity index (χ1n) is 9.85. The van der Waals surface area contributed by atoms with Crippen molar-refractivity contribution in [2.24, 2.45) is 0 Å². The molecule has 0 radical (unpaired) electrons. The number of benzene rings is 3. The summed E-state index contributed by atoms with van der Waals surface area (Å²) in [5, 5.41) is 0. The van der Waals surface area contributed by atoms with Gasteiger partial charge in [0.25, 0.3) is 0 Å². The number of rotatable bonds is 5. The van der Waals surface area contributed by atoms with Gasteiger partial charge in [0, 0.05) is 0 Å². The van der Waals surface area contributed by atoms with Crippen LogP contribution in [0, 0.1) is 6.92 Å². The summed E-state index contributed by atoms with van der Waals surface area (Å²) in [6.07, 6.45) is -16.4. The van der Waals surface area contributed by atoms with E-state index in [-0.39, 0.29) is 17.1 Å². The van der Waals surface area contributed by atoms with Crippen LogP contribution in [0.15, 0.2) is 66.7 Å². The topological polar surface area (TPSA) is 18.5 Å². The number of alkyl halides is 9. The fourth-order valence-corrected chi connectivity index (χ4v) is 3.68. The summed E-state index contributed by atoms with van der Waals surface area (Å²) in [6, 6.07) is 8.97. The van der Waals surface area contributed by atoms with Gasteiger partial charge >= 0.3 is 18.5 Å². The minimum absolute atomic E-state index is 0.0503. The van der Waals surface area contributed by atoms with E-state index in [1.807, 2.05) is 0 Å². The minimum Gasteiger partial charge on any atom is -0.497 e. The van der Waals surface area contributed by atoms with Crippen molar-refractivity contribution in [1.29, 1.82) is 0 Å². The zero-order valence-electron chi connectivity index (χ0n) is 18.1. The lowest BCUT2D eigenvalue weighted by Gasteiger charge is -2.38. The number of methoxy groups -OCH3 is 1. The lowest BCUT2D eigenvalue weighted by Crippen LogP contribution is -2.54. The Morgan fingerprint density at radius 2 is 1.06 bits per heavy atom. The maximum absolute atomic E-state index is 14.2. The predicted molar refractivity (Wildman–Crippen MR) is 109 cm³/mol. The molecule has 35 heavy (non-hydrogen) atoms. The van der Waals surface area contributed by atoms with E-state index in [0.717, 1.165) is 36.4 Å². The molecule has 0 spiro atoms.